The van der Waals surface area contributed by atoms with Gasteiger partial charge in [0.05, 0.1) is 6.10 Å². The molecule has 0 aliphatic carbocycles. The maximum atomic E-state index is 10.2. The van der Waals surface area contributed by atoms with E-state index < -0.39 is 0 Å². The fourth-order valence-corrected chi connectivity index (χ4v) is 0.367. The van der Waals surface area contributed by atoms with Crippen molar-refractivity contribution in [1.29, 1.82) is 0 Å². The number of esters is 1. The van der Waals surface area contributed by atoms with Gasteiger partial charge in [0.25, 0.3) is 0 Å². The number of rotatable bonds is 2. The van der Waals surface area contributed by atoms with Crippen molar-refractivity contribution in [2.24, 2.45) is 0 Å². The molecule has 0 aromatic carbocycles. The van der Waals surface area contributed by atoms with Gasteiger partial charge in [0.2, 0.25) is 0 Å². The zero-order valence-electron chi connectivity index (χ0n) is 8.31. The Morgan fingerprint density at radius 1 is 1.78 bits per heavy atom. The van der Waals surface area contributed by atoms with E-state index in [-0.39, 0.29) is 38.0 Å². The first-order chi connectivity index (χ1) is 3.66. The Balaban J connectivity index is -0.0000000817. The average Bonchev–Trinajstić information content (AvgIpc) is 1.65. The minimum atomic E-state index is -0.195. The van der Waals surface area contributed by atoms with E-state index in [1.165, 1.54) is 6.92 Å². The maximum absolute atomic E-state index is 10.2. The molecule has 52 valence electrons. The first-order valence-electron chi connectivity index (χ1n) is 2.84. The summed E-state index contributed by atoms with van der Waals surface area (Å²) in [5.74, 6) is -0.195. The van der Waals surface area contributed by atoms with Gasteiger partial charge in [-0.25, -0.2) is 0 Å². The van der Waals surface area contributed by atoms with Crippen molar-refractivity contribution in [2.45, 2.75) is 33.3 Å². The zero-order valence-corrected chi connectivity index (χ0v) is 7.72. The van der Waals surface area contributed by atoms with Crippen LogP contribution in [0.4, 0.5) is 0 Å². The van der Waals surface area contributed by atoms with Crippen LogP contribution in [0.3, 0.4) is 0 Å². The third kappa shape index (κ3) is 8.24. The van der Waals surface area contributed by atoms with Gasteiger partial charge in [-0.05, 0) is 13.3 Å². The van der Waals surface area contributed by atoms with Gasteiger partial charge < -0.3 is 7.59 Å². The summed E-state index contributed by atoms with van der Waals surface area (Å²) in [6, 6.07) is 0. The topological polar surface area (TPSA) is 26.3 Å². The maximum Gasteiger partial charge on any atom is 2.00 e. The predicted octanol–water partition coefficient (Wildman–Crippen LogP) is 1.19. The van der Waals surface area contributed by atoms with E-state index in [2.05, 4.69) is 0 Å². The van der Waals surface area contributed by atoms with Crippen LogP contribution in [0.1, 0.15) is 30.0 Å². The second-order valence-electron chi connectivity index (χ2n) is 1.83. The van der Waals surface area contributed by atoms with Gasteiger partial charge in [-0.2, -0.15) is 0 Å². The van der Waals surface area contributed by atoms with Gasteiger partial charge in [0, 0.05) is 6.92 Å². The molecule has 0 aromatic rings. The van der Waals surface area contributed by atoms with Crippen molar-refractivity contribution in [3.05, 3.63) is 0 Å². The van der Waals surface area contributed by atoms with E-state index in [4.69, 9.17) is 4.74 Å². The van der Waals surface area contributed by atoms with Crippen LogP contribution in [-0.4, -0.2) is 35.1 Å². The van der Waals surface area contributed by atoms with E-state index in [0.717, 1.165) is 6.42 Å². The molecule has 0 spiro atoms. The Hall–Kier alpha value is 0.236. The van der Waals surface area contributed by atoms with Crippen molar-refractivity contribution in [3.63, 3.8) is 0 Å². The molecule has 3 heteroatoms. The normalized spacial score (nSPS) is 11.4. The standard InChI is InChI=1S/C6H12O2.Mg.2H/c1-4-5(2)8-6(3)7;;;/h5H,4H2,1-3H3;;;/q;+2;2*-1. The predicted molar refractivity (Wildman–Crippen MR) is 39.5 cm³/mol. The number of hydrogen-bond acceptors (Lipinski definition) is 2. The largest absolute Gasteiger partial charge is 2.00 e. The Labute approximate surface area is 75.1 Å². The molecule has 0 aromatic heterocycles. The molecule has 0 bridgehead atoms. The minimum Gasteiger partial charge on any atom is -1.00 e. The van der Waals surface area contributed by atoms with Crippen LogP contribution in [0, 0.1) is 0 Å². The number of ether oxygens (including phenoxy) is 1. The van der Waals surface area contributed by atoms with Crippen molar-refractivity contribution >= 4 is 29.0 Å². The molecule has 9 heavy (non-hydrogen) atoms. The third-order valence-electron chi connectivity index (χ3n) is 0.942. The van der Waals surface area contributed by atoms with Crippen LogP contribution in [0.5, 0.6) is 0 Å². The monoisotopic (exact) mass is 142 g/mol. The molecule has 0 saturated heterocycles. The summed E-state index contributed by atoms with van der Waals surface area (Å²) < 4.78 is 4.76. The summed E-state index contributed by atoms with van der Waals surface area (Å²) in [4.78, 5) is 10.2. The van der Waals surface area contributed by atoms with Gasteiger partial charge in [0.1, 0.15) is 0 Å². The van der Waals surface area contributed by atoms with E-state index in [0.29, 0.717) is 0 Å². The minimum absolute atomic E-state index is 0. The molecule has 0 radical (unpaired) electrons. The first-order valence-corrected chi connectivity index (χ1v) is 2.84. The summed E-state index contributed by atoms with van der Waals surface area (Å²) in [6.07, 6.45) is 0.965. The van der Waals surface area contributed by atoms with Gasteiger partial charge in [-0.1, -0.05) is 6.92 Å². The molecule has 1 unspecified atom stereocenters. The molecule has 0 heterocycles. The zero-order chi connectivity index (χ0) is 6.57. The van der Waals surface area contributed by atoms with Gasteiger partial charge in [-0.3, -0.25) is 4.79 Å². The Morgan fingerprint density at radius 2 is 2.22 bits per heavy atom. The van der Waals surface area contributed by atoms with Crippen LogP contribution in [0.25, 0.3) is 0 Å². The Bertz CT molecular complexity index is 90.7. The molecule has 0 rings (SSSR count). The number of carbonyl (C=O) groups excluding carboxylic acids is 1. The molecule has 2 nitrogen and oxygen atoms in total. The van der Waals surface area contributed by atoms with Gasteiger partial charge in [-0.15, -0.1) is 0 Å². The van der Waals surface area contributed by atoms with Gasteiger partial charge in [0.15, 0.2) is 0 Å². The molecular formula is C6H14MgO2. The molecule has 1 atom stereocenters. The van der Waals surface area contributed by atoms with Crippen LogP contribution >= 0.6 is 0 Å². The van der Waals surface area contributed by atoms with E-state index in [1.807, 2.05) is 13.8 Å². The van der Waals surface area contributed by atoms with Crippen molar-refractivity contribution in [3.8, 4) is 0 Å². The number of carbonyl (C=O) groups is 1. The van der Waals surface area contributed by atoms with Crippen LogP contribution in [0.2, 0.25) is 0 Å². The summed E-state index contributed by atoms with van der Waals surface area (Å²) >= 11 is 0. The van der Waals surface area contributed by atoms with E-state index in [9.17, 15) is 4.79 Å². The third-order valence-corrected chi connectivity index (χ3v) is 0.942. The number of hydrogen-bond donors (Lipinski definition) is 0. The second kappa shape index (κ2) is 6.36. The smallest absolute Gasteiger partial charge is 1.00 e. The van der Waals surface area contributed by atoms with E-state index in [1.54, 1.807) is 0 Å². The summed E-state index contributed by atoms with van der Waals surface area (Å²) in [6.45, 7) is 5.28. The van der Waals surface area contributed by atoms with Crippen molar-refractivity contribution in [1.82, 2.24) is 0 Å². The van der Waals surface area contributed by atoms with E-state index >= 15 is 0 Å². The summed E-state index contributed by atoms with van der Waals surface area (Å²) in [7, 11) is 0. The molecule has 0 fully saturated rings. The van der Waals surface area contributed by atoms with Crippen molar-refractivity contribution in [2.75, 3.05) is 0 Å². The summed E-state index contributed by atoms with van der Waals surface area (Å²) in [5.41, 5.74) is 0. The average molecular weight is 142 g/mol. The van der Waals surface area contributed by atoms with Crippen LogP contribution < -0.4 is 0 Å². The SMILES string of the molecule is CCC(C)OC(C)=O.[H-].[H-].[Mg+2]. The molecule has 0 amide bonds. The fraction of sp³-hybridized carbons (Fsp3) is 0.833. The quantitative estimate of drug-likeness (QED) is 0.428. The van der Waals surface area contributed by atoms with Crippen LogP contribution in [-0.2, 0) is 9.53 Å². The molecule has 0 saturated carbocycles. The van der Waals surface area contributed by atoms with Crippen LogP contribution in [0.15, 0.2) is 0 Å². The second-order valence-corrected chi connectivity index (χ2v) is 1.83. The Morgan fingerprint density at radius 3 is 2.33 bits per heavy atom. The molecular weight excluding hydrogens is 128 g/mol. The Kier molecular flexibility index (Phi) is 8.45. The molecule has 0 N–H and O–H groups in total. The molecule has 0 aliphatic heterocycles. The fourth-order valence-electron chi connectivity index (χ4n) is 0.367. The first kappa shape index (κ1) is 12.0. The summed E-state index contributed by atoms with van der Waals surface area (Å²) in [5, 5.41) is 0. The van der Waals surface area contributed by atoms with Crippen molar-refractivity contribution < 1.29 is 12.4 Å². The van der Waals surface area contributed by atoms with Gasteiger partial charge >= 0.3 is 29.0 Å². The molecule has 0 aliphatic rings.